The second kappa shape index (κ2) is 21.2. The van der Waals surface area contributed by atoms with Crippen LogP contribution in [0.1, 0.15) is 80.9 Å². The molecule has 0 nitrogen and oxygen atoms in total. The monoisotopic (exact) mass is 1290 g/mol. The summed E-state index contributed by atoms with van der Waals surface area (Å²) in [5.74, 6) is -1.05. The van der Waals surface area contributed by atoms with Gasteiger partial charge in [-0.1, -0.05) is 0 Å². The first-order chi connectivity index (χ1) is 44.2. The molecule has 18 rings (SSSR count). The Kier molecular flexibility index (Phi) is 13.0. The Morgan fingerprint density at radius 3 is 0.789 bits per heavy atom. The van der Waals surface area contributed by atoms with Crippen LogP contribution in [0, 0.1) is 11.8 Å². The van der Waals surface area contributed by atoms with E-state index in [0.29, 0.717) is 11.8 Å². The topological polar surface area (TPSA) is 0 Å². The van der Waals surface area contributed by atoms with Crippen molar-refractivity contribution in [3.8, 4) is 44.5 Å². The average molecular weight is 1290 g/mol. The van der Waals surface area contributed by atoms with E-state index in [9.17, 15) is 17.0 Å². The van der Waals surface area contributed by atoms with Crippen LogP contribution in [0.4, 0.5) is 0 Å². The zero-order valence-corrected chi connectivity index (χ0v) is 56.2. The molecule has 4 aliphatic rings. The maximum atomic E-state index is 10.2. The zero-order valence-electron chi connectivity index (χ0n) is 51.0. The molecular weight excluding hydrogens is 1220 g/mol. The van der Waals surface area contributed by atoms with Crippen LogP contribution in [0.5, 0.6) is 0 Å². The van der Waals surface area contributed by atoms with Crippen LogP contribution in [0.3, 0.4) is 0 Å². The fourth-order valence-corrected chi connectivity index (χ4v) is 48.8. The van der Waals surface area contributed by atoms with Gasteiger partial charge in [-0.3, -0.25) is 0 Å². The minimum atomic E-state index is -5.92. The van der Waals surface area contributed by atoms with Crippen molar-refractivity contribution in [2.45, 2.75) is 71.7 Å². The molecule has 0 N–H and O–H groups in total. The zero-order chi connectivity index (χ0) is 60.0. The van der Waals surface area contributed by atoms with Crippen molar-refractivity contribution < 1.29 is 15.6 Å². The number of hydrogen-bond acceptors (Lipinski definition) is 0. The number of fused-ring (bicyclic) bond motifs is 10. The molecule has 0 radical (unpaired) electrons. The number of hydrogen-bond donors (Lipinski definition) is 0. The van der Waals surface area contributed by atoms with E-state index in [0.717, 1.165) is 12.8 Å². The SMILES string of the molecule is C[SiH](C)[Zr]([Cl])([Cl])([CH]1C(CC2CCC2)=Cc2c(-c3c4ccccc4cc4ccccc34)ccc(-c3c4ccccc4cc4ccccc34)c21)[CH]1C(CC2CCC2)=Cc2c(-c3c4ccccc4cc4ccccc34)ccc(-c3c4ccccc4cc4ccccc34)c21. The predicted molar refractivity (Wildman–Crippen MR) is 391 cm³/mol. The first kappa shape index (κ1) is 55.2. The van der Waals surface area contributed by atoms with Gasteiger partial charge in [-0.05, 0) is 0 Å². The Balaban J connectivity index is 1.01. The molecule has 4 heteroatoms. The van der Waals surface area contributed by atoms with Gasteiger partial charge < -0.3 is 0 Å². The molecule has 0 aromatic heterocycles. The van der Waals surface area contributed by atoms with E-state index in [4.69, 9.17) is 0 Å². The van der Waals surface area contributed by atoms with E-state index in [1.807, 2.05) is 0 Å². The average Bonchev–Trinajstić information content (AvgIpc) is 1.42. The standard InChI is InChI=1S/2C42H31.C2H7Si.2ClH.Zr/c2*1-5-16-33-29(12-1)25-30-13-2-6-17-34(30)41(33)37-20-21-38(40-24-28(23-39(37)40)22-27-10-9-11-27)42-35-18-7-3-14-31(35)26-32-15-4-8-19-36(32)42;1-3-2;;;/h2*1-8,12-21,23-27H,9-11,22H2;3H,1-2H3;2*1H;/q;;;;;+2/p-2. The van der Waals surface area contributed by atoms with Gasteiger partial charge in [0.15, 0.2) is 0 Å². The van der Waals surface area contributed by atoms with Gasteiger partial charge in [-0.2, -0.15) is 0 Å². The molecule has 0 bridgehead atoms. The van der Waals surface area contributed by atoms with E-state index < -0.39 is 21.5 Å². The molecule has 2 unspecified atom stereocenters. The van der Waals surface area contributed by atoms with Gasteiger partial charge >= 0.3 is 541 Å². The Labute approximate surface area is 536 Å². The van der Waals surface area contributed by atoms with Gasteiger partial charge in [-0.15, -0.1) is 0 Å². The summed E-state index contributed by atoms with van der Waals surface area (Å²) >= 11 is -5.92. The van der Waals surface area contributed by atoms with Crippen LogP contribution >= 0.6 is 17.0 Å². The molecule has 0 heterocycles. The third kappa shape index (κ3) is 8.33. The summed E-state index contributed by atoms with van der Waals surface area (Å²) in [6, 6.07) is 92.7. The van der Waals surface area contributed by atoms with Gasteiger partial charge in [-0.25, -0.2) is 0 Å². The van der Waals surface area contributed by atoms with Crippen molar-refractivity contribution in [3.05, 3.63) is 276 Å². The quantitative estimate of drug-likeness (QED) is 0.0894. The van der Waals surface area contributed by atoms with Gasteiger partial charge in [0.2, 0.25) is 0 Å². The Hall–Kier alpha value is -7.68. The van der Waals surface area contributed by atoms with Crippen LogP contribution in [0.25, 0.3) is 143 Å². The van der Waals surface area contributed by atoms with Crippen LogP contribution in [0.2, 0.25) is 13.1 Å². The second-order valence-electron chi connectivity index (χ2n) is 27.4. The normalized spacial score (nSPS) is 17.3. The molecule has 2 atom stereocenters. The number of benzene rings is 14. The van der Waals surface area contributed by atoms with E-state index in [1.54, 1.807) is 0 Å². The van der Waals surface area contributed by atoms with Crippen molar-refractivity contribution in [2.24, 2.45) is 11.8 Å². The predicted octanol–water partition coefficient (Wildman–Crippen LogP) is 25.5. The molecule has 14 aromatic carbocycles. The number of allylic oxidation sites excluding steroid dienone is 2. The van der Waals surface area contributed by atoms with Crippen molar-refractivity contribution in [1.82, 2.24) is 0 Å². The first-order valence-electron chi connectivity index (χ1n) is 33.1. The number of rotatable bonds is 11. The molecule has 0 spiro atoms. The molecule has 435 valence electrons. The molecule has 14 aromatic rings. The molecule has 0 saturated heterocycles. The maximum absolute atomic E-state index is 10.2. The van der Waals surface area contributed by atoms with E-state index in [1.165, 1.54) is 203 Å². The van der Waals surface area contributed by atoms with Crippen LogP contribution in [-0.2, 0) is 15.6 Å². The first-order valence-corrected chi connectivity index (χ1v) is 49.4. The molecule has 2 saturated carbocycles. The third-order valence-electron chi connectivity index (χ3n) is 22.4. The second-order valence-corrected chi connectivity index (χ2v) is 69.9. The van der Waals surface area contributed by atoms with Crippen LogP contribution in [0.15, 0.2) is 254 Å². The third-order valence-corrected chi connectivity index (χ3v) is 74.2. The summed E-state index contributed by atoms with van der Waals surface area (Å²) in [6.07, 6.45) is 14.9. The molecule has 4 aliphatic carbocycles. The fraction of sp³-hybridized carbons (Fsp3) is 0.163. The van der Waals surface area contributed by atoms with Gasteiger partial charge in [0.1, 0.15) is 0 Å². The van der Waals surface area contributed by atoms with Gasteiger partial charge in [0.05, 0.1) is 0 Å². The van der Waals surface area contributed by atoms with Crippen molar-refractivity contribution in [1.29, 1.82) is 0 Å². The summed E-state index contributed by atoms with van der Waals surface area (Å²) in [4.78, 5) is 0. The van der Waals surface area contributed by atoms with Crippen molar-refractivity contribution in [2.75, 3.05) is 0 Å². The molecule has 0 aliphatic heterocycles. The van der Waals surface area contributed by atoms with E-state index in [2.05, 4.69) is 268 Å². The number of halogens is 2. The van der Waals surface area contributed by atoms with E-state index >= 15 is 0 Å². The van der Waals surface area contributed by atoms with E-state index in [-0.39, 0.29) is 7.25 Å². The Bertz CT molecular complexity index is 4900. The summed E-state index contributed by atoms with van der Waals surface area (Å²) in [7, 11) is 20.4. The Morgan fingerprint density at radius 2 is 0.556 bits per heavy atom. The molecule has 90 heavy (non-hydrogen) atoms. The van der Waals surface area contributed by atoms with Crippen molar-refractivity contribution >= 4 is 121 Å². The summed E-state index contributed by atoms with van der Waals surface area (Å²) in [6.45, 7) is 5.21. The molecular formula is C86H69Cl2SiZr. The van der Waals surface area contributed by atoms with Crippen molar-refractivity contribution in [3.63, 3.8) is 0 Å². The summed E-state index contributed by atoms with van der Waals surface area (Å²) in [5, 5.41) is 20.2. The van der Waals surface area contributed by atoms with Crippen LogP contribution < -0.4 is 0 Å². The molecule has 0 amide bonds. The van der Waals surface area contributed by atoms with Gasteiger partial charge in [0, 0.05) is 0 Å². The summed E-state index contributed by atoms with van der Waals surface area (Å²) < 4.78 is -0.350. The minimum absolute atomic E-state index is 0.175. The Morgan fingerprint density at radius 1 is 0.322 bits per heavy atom. The van der Waals surface area contributed by atoms with Crippen LogP contribution in [-0.4, -0.2) is 5.92 Å². The fourth-order valence-electron chi connectivity index (χ4n) is 17.7. The van der Waals surface area contributed by atoms with Gasteiger partial charge in [0.25, 0.3) is 0 Å². The summed E-state index contributed by atoms with van der Waals surface area (Å²) in [5.41, 5.74) is 18.7. The molecule has 2 fully saturated rings.